The van der Waals surface area contributed by atoms with Gasteiger partial charge >= 0.3 is 6.18 Å². The number of hydrogen-bond acceptors (Lipinski definition) is 3. The van der Waals surface area contributed by atoms with Gasteiger partial charge in [-0.25, -0.2) is 0 Å². The lowest BCUT2D eigenvalue weighted by molar-refractivity contribution is -0.183. The van der Waals surface area contributed by atoms with Crippen LogP contribution in [0.1, 0.15) is 39.5 Å². The molecule has 2 N–H and O–H groups in total. The molecular weight excluding hydrogens is 366 g/mol. The summed E-state index contributed by atoms with van der Waals surface area (Å²) in [6.45, 7) is 4.32. The monoisotopic (exact) mass is 393 g/mol. The fourth-order valence-electron chi connectivity index (χ4n) is 3.52. The average Bonchev–Trinajstić information content (AvgIpc) is 2.44. The van der Waals surface area contributed by atoms with Crippen LogP contribution in [0.25, 0.3) is 0 Å². The van der Waals surface area contributed by atoms with Gasteiger partial charge in [0.25, 0.3) is 0 Å². The maximum absolute atomic E-state index is 12.7. The van der Waals surface area contributed by atoms with Gasteiger partial charge < -0.3 is 10.6 Å². The van der Waals surface area contributed by atoms with Gasteiger partial charge in [-0.05, 0) is 26.7 Å². The Morgan fingerprint density at radius 1 is 1.17 bits per heavy atom. The van der Waals surface area contributed by atoms with E-state index in [0.29, 0.717) is 13.1 Å². The first-order chi connectivity index (χ1) is 10.1. The first-order valence-electron chi connectivity index (χ1n) is 8.01. The van der Waals surface area contributed by atoms with Crippen molar-refractivity contribution in [2.45, 2.75) is 57.3 Å². The summed E-state index contributed by atoms with van der Waals surface area (Å²) in [4.78, 5) is 15.7. The number of halogens is 5. The van der Waals surface area contributed by atoms with E-state index in [2.05, 4.69) is 0 Å². The summed E-state index contributed by atoms with van der Waals surface area (Å²) < 4.78 is 38.2. The van der Waals surface area contributed by atoms with E-state index in [0.717, 1.165) is 25.7 Å². The van der Waals surface area contributed by atoms with Gasteiger partial charge in [0.1, 0.15) is 6.04 Å². The SMILES string of the molecule is CC(N1CCN(C(=O)C2CCCCC2(C)N)CC1)C(F)(F)F.Cl.Cl. The van der Waals surface area contributed by atoms with Crippen LogP contribution >= 0.6 is 24.8 Å². The molecule has 0 aromatic carbocycles. The molecule has 144 valence electrons. The molecule has 0 bridgehead atoms. The Bertz CT molecular complexity index is 413. The highest BCUT2D eigenvalue weighted by Crippen LogP contribution is 2.33. The summed E-state index contributed by atoms with van der Waals surface area (Å²) in [5, 5.41) is 0. The number of piperazine rings is 1. The molecule has 0 spiro atoms. The number of carbonyl (C=O) groups is 1. The predicted molar refractivity (Wildman–Crippen MR) is 92.7 cm³/mol. The number of alkyl halides is 3. The van der Waals surface area contributed by atoms with Crippen LogP contribution < -0.4 is 5.73 Å². The minimum atomic E-state index is -4.22. The minimum Gasteiger partial charge on any atom is -0.340 e. The summed E-state index contributed by atoms with van der Waals surface area (Å²) >= 11 is 0. The lowest BCUT2D eigenvalue weighted by Gasteiger charge is -2.43. The largest absolute Gasteiger partial charge is 0.403 e. The van der Waals surface area contributed by atoms with Crippen molar-refractivity contribution in [3.8, 4) is 0 Å². The van der Waals surface area contributed by atoms with Gasteiger partial charge in [0.05, 0.1) is 5.92 Å². The van der Waals surface area contributed by atoms with Crippen LogP contribution in [-0.2, 0) is 4.79 Å². The van der Waals surface area contributed by atoms with Gasteiger partial charge in [0.15, 0.2) is 0 Å². The highest BCUT2D eigenvalue weighted by Gasteiger charge is 2.43. The molecule has 1 heterocycles. The van der Waals surface area contributed by atoms with E-state index in [1.54, 1.807) is 4.90 Å². The van der Waals surface area contributed by atoms with Gasteiger partial charge in [-0.3, -0.25) is 9.69 Å². The van der Waals surface area contributed by atoms with Crippen molar-refractivity contribution in [3.63, 3.8) is 0 Å². The summed E-state index contributed by atoms with van der Waals surface area (Å²) in [6.07, 6.45) is -0.577. The molecule has 3 atom stereocenters. The van der Waals surface area contributed by atoms with Gasteiger partial charge in [-0.15, -0.1) is 24.8 Å². The van der Waals surface area contributed by atoms with E-state index < -0.39 is 17.8 Å². The predicted octanol–water partition coefficient (Wildman–Crippen LogP) is 2.83. The fourth-order valence-corrected chi connectivity index (χ4v) is 3.52. The Labute approximate surface area is 154 Å². The number of rotatable bonds is 2. The van der Waals surface area contributed by atoms with Gasteiger partial charge in [0.2, 0.25) is 5.91 Å². The maximum Gasteiger partial charge on any atom is 0.403 e. The number of nitrogens with zero attached hydrogens (tertiary/aromatic N) is 2. The minimum absolute atomic E-state index is 0. The third-order valence-electron chi connectivity index (χ3n) is 5.20. The van der Waals surface area contributed by atoms with Crippen molar-refractivity contribution in [2.75, 3.05) is 26.2 Å². The number of hydrogen-bond donors (Lipinski definition) is 1. The Kier molecular flexibility index (Phi) is 8.83. The van der Waals surface area contributed by atoms with Crippen molar-refractivity contribution in [2.24, 2.45) is 11.7 Å². The second-order valence-electron chi connectivity index (χ2n) is 6.88. The first-order valence-corrected chi connectivity index (χ1v) is 8.01. The molecule has 0 aromatic heterocycles. The molecule has 3 unspecified atom stereocenters. The van der Waals surface area contributed by atoms with E-state index in [-0.39, 0.29) is 49.7 Å². The Balaban J connectivity index is 0.00000264. The van der Waals surface area contributed by atoms with Crippen LogP contribution in [0.15, 0.2) is 0 Å². The zero-order valence-electron chi connectivity index (χ0n) is 14.1. The van der Waals surface area contributed by atoms with Crippen molar-refractivity contribution >= 4 is 30.7 Å². The molecular formula is C15H28Cl2F3N3O. The van der Waals surface area contributed by atoms with Crippen molar-refractivity contribution < 1.29 is 18.0 Å². The van der Waals surface area contributed by atoms with E-state index in [1.165, 1.54) is 11.8 Å². The van der Waals surface area contributed by atoms with E-state index in [4.69, 9.17) is 5.73 Å². The smallest absolute Gasteiger partial charge is 0.340 e. The van der Waals surface area contributed by atoms with Gasteiger partial charge in [0, 0.05) is 31.7 Å². The van der Waals surface area contributed by atoms with E-state index >= 15 is 0 Å². The highest BCUT2D eigenvalue weighted by molar-refractivity contribution is 5.85. The second kappa shape index (κ2) is 8.92. The molecule has 24 heavy (non-hydrogen) atoms. The van der Waals surface area contributed by atoms with E-state index in [9.17, 15) is 18.0 Å². The molecule has 0 radical (unpaired) electrons. The van der Waals surface area contributed by atoms with Crippen LogP contribution in [0.3, 0.4) is 0 Å². The Morgan fingerprint density at radius 2 is 1.71 bits per heavy atom. The van der Waals surface area contributed by atoms with Crippen LogP contribution in [0.2, 0.25) is 0 Å². The van der Waals surface area contributed by atoms with Crippen molar-refractivity contribution in [3.05, 3.63) is 0 Å². The normalized spacial score (nSPS) is 30.1. The summed E-state index contributed by atoms with van der Waals surface area (Å²) in [6, 6.07) is -1.46. The molecule has 1 amide bonds. The fraction of sp³-hybridized carbons (Fsp3) is 0.933. The summed E-state index contributed by atoms with van der Waals surface area (Å²) in [7, 11) is 0. The van der Waals surface area contributed by atoms with Gasteiger partial charge in [-0.1, -0.05) is 12.8 Å². The quantitative estimate of drug-likeness (QED) is 0.784. The van der Waals surface area contributed by atoms with Crippen LogP contribution in [0.4, 0.5) is 13.2 Å². The third kappa shape index (κ3) is 5.38. The van der Waals surface area contributed by atoms with Crippen LogP contribution in [0, 0.1) is 5.92 Å². The number of amides is 1. The number of nitrogens with two attached hydrogens (primary N) is 1. The standard InChI is InChI=1S/C15H26F3N3O.2ClH/c1-11(15(16,17)18)20-7-9-21(10-8-20)13(22)12-5-3-4-6-14(12,2)19;;/h11-12H,3-10,19H2,1-2H3;2*1H. The maximum atomic E-state index is 12.7. The Morgan fingerprint density at radius 3 is 2.17 bits per heavy atom. The molecule has 1 saturated carbocycles. The molecule has 2 fully saturated rings. The lowest BCUT2D eigenvalue weighted by atomic mass is 9.74. The molecule has 0 aromatic rings. The molecule has 1 saturated heterocycles. The zero-order chi connectivity index (χ0) is 16.5. The summed E-state index contributed by atoms with van der Waals surface area (Å²) in [5.74, 6) is -0.183. The highest BCUT2D eigenvalue weighted by atomic mass is 35.5. The Hall–Kier alpha value is -0.240. The zero-order valence-corrected chi connectivity index (χ0v) is 15.8. The number of carbonyl (C=O) groups excluding carboxylic acids is 1. The molecule has 2 aliphatic rings. The molecule has 4 nitrogen and oxygen atoms in total. The molecule has 2 rings (SSSR count). The van der Waals surface area contributed by atoms with E-state index in [1.807, 2.05) is 6.92 Å². The van der Waals surface area contributed by atoms with Gasteiger partial charge in [-0.2, -0.15) is 13.2 Å². The second-order valence-corrected chi connectivity index (χ2v) is 6.88. The average molecular weight is 394 g/mol. The van der Waals surface area contributed by atoms with Crippen molar-refractivity contribution in [1.29, 1.82) is 0 Å². The molecule has 1 aliphatic carbocycles. The topological polar surface area (TPSA) is 49.6 Å². The van der Waals surface area contributed by atoms with Crippen LogP contribution in [0.5, 0.6) is 0 Å². The lowest BCUT2D eigenvalue weighted by Crippen LogP contribution is -2.59. The van der Waals surface area contributed by atoms with Crippen molar-refractivity contribution in [1.82, 2.24) is 9.80 Å². The first kappa shape index (κ1) is 23.8. The summed E-state index contributed by atoms with van der Waals surface area (Å²) in [5.41, 5.74) is 5.76. The molecule has 1 aliphatic heterocycles. The third-order valence-corrected chi connectivity index (χ3v) is 5.20. The molecule has 9 heteroatoms. The van der Waals surface area contributed by atoms with Crippen LogP contribution in [-0.4, -0.2) is 59.6 Å².